The molecule has 2 aliphatic rings. The second-order valence-electron chi connectivity index (χ2n) is 7.34. The molecule has 0 aromatic carbocycles. The van der Waals surface area contributed by atoms with E-state index >= 15 is 0 Å². The van der Waals surface area contributed by atoms with Crippen LogP contribution in [-0.4, -0.2) is 11.7 Å². The zero-order valence-corrected chi connectivity index (χ0v) is 13.1. The lowest BCUT2D eigenvalue weighted by molar-refractivity contribution is -0.131. The topological polar surface area (TPSA) is 60.2 Å². The molecule has 2 rings (SSSR count). The van der Waals surface area contributed by atoms with Crippen LogP contribution in [0, 0.1) is 29.1 Å². The third kappa shape index (κ3) is 2.55. The summed E-state index contributed by atoms with van der Waals surface area (Å²) in [7, 11) is 0. The van der Waals surface area contributed by atoms with E-state index in [-0.39, 0.29) is 17.2 Å². The normalized spacial score (nSPS) is 36.2. The van der Waals surface area contributed by atoms with E-state index in [0.717, 1.165) is 18.4 Å². The number of nitrogens with two attached hydrogens (primary N) is 1. The summed E-state index contributed by atoms with van der Waals surface area (Å²) in [5, 5.41) is 0. The van der Waals surface area contributed by atoms with Gasteiger partial charge >= 0.3 is 0 Å². The van der Waals surface area contributed by atoms with Crippen LogP contribution in [0.25, 0.3) is 0 Å². The van der Waals surface area contributed by atoms with Crippen molar-refractivity contribution in [2.45, 2.75) is 53.4 Å². The fourth-order valence-corrected chi connectivity index (χ4v) is 4.35. The summed E-state index contributed by atoms with van der Waals surface area (Å²) in [4.78, 5) is 23.6. The minimum Gasteiger partial charge on any atom is -0.370 e. The monoisotopic (exact) mass is 277 g/mol. The Morgan fingerprint density at radius 1 is 1.40 bits per heavy atom. The van der Waals surface area contributed by atoms with Gasteiger partial charge in [0.1, 0.15) is 0 Å². The third-order valence-electron chi connectivity index (χ3n) is 5.91. The molecule has 0 radical (unpaired) electrons. The van der Waals surface area contributed by atoms with Crippen LogP contribution < -0.4 is 5.73 Å². The predicted molar refractivity (Wildman–Crippen MR) is 79.8 cm³/mol. The van der Waals surface area contributed by atoms with Crippen molar-refractivity contribution in [1.82, 2.24) is 0 Å². The number of allylic oxidation sites excluding steroid dienone is 2. The number of carbonyl (C=O) groups is 2. The van der Waals surface area contributed by atoms with E-state index in [1.165, 1.54) is 6.42 Å². The van der Waals surface area contributed by atoms with Gasteiger partial charge in [-0.15, -0.1) is 0 Å². The highest BCUT2D eigenvalue weighted by Crippen LogP contribution is 2.54. The van der Waals surface area contributed by atoms with Crippen LogP contribution in [-0.2, 0) is 9.59 Å². The molecule has 2 N–H and O–H groups in total. The second kappa shape index (κ2) is 5.34. The summed E-state index contributed by atoms with van der Waals surface area (Å²) in [6.45, 7) is 8.75. The second-order valence-corrected chi connectivity index (χ2v) is 7.34. The Morgan fingerprint density at radius 2 is 2.05 bits per heavy atom. The van der Waals surface area contributed by atoms with Crippen molar-refractivity contribution in [2.24, 2.45) is 34.8 Å². The lowest BCUT2D eigenvalue weighted by Crippen LogP contribution is -2.49. The van der Waals surface area contributed by atoms with Crippen LogP contribution in [0.15, 0.2) is 11.6 Å². The van der Waals surface area contributed by atoms with E-state index in [0.29, 0.717) is 30.0 Å². The summed E-state index contributed by atoms with van der Waals surface area (Å²) < 4.78 is 0. The molecule has 2 aliphatic carbocycles. The number of fused-ring (bicyclic) bond motifs is 1. The first-order valence-electron chi connectivity index (χ1n) is 7.75. The molecular weight excluding hydrogens is 250 g/mol. The molecule has 0 aromatic heterocycles. The number of rotatable bonds is 3. The Morgan fingerprint density at radius 3 is 2.65 bits per heavy atom. The van der Waals surface area contributed by atoms with E-state index in [1.54, 1.807) is 0 Å². The Hall–Kier alpha value is -1.12. The molecule has 0 bridgehead atoms. The molecule has 3 nitrogen and oxygen atoms in total. The summed E-state index contributed by atoms with van der Waals surface area (Å²) in [6.07, 6.45) is 5.30. The maximum Gasteiger partial charge on any atom is 0.217 e. The third-order valence-corrected chi connectivity index (χ3v) is 5.91. The summed E-state index contributed by atoms with van der Waals surface area (Å²) in [5.74, 6) is 1.45. The van der Waals surface area contributed by atoms with Crippen molar-refractivity contribution in [2.75, 3.05) is 0 Å². The van der Waals surface area contributed by atoms with Gasteiger partial charge in [-0.2, -0.15) is 0 Å². The smallest absolute Gasteiger partial charge is 0.217 e. The van der Waals surface area contributed by atoms with Gasteiger partial charge in [-0.1, -0.05) is 26.3 Å². The van der Waals surface area contributed by atoms with Crippen LogP contribution in [0.1, 0.15) is 53.4 Å². The molecule has 1 fully saturated rings. The Balaban J connectivity index is 2.30. The largest absolute Gasteiger partial charge is 0.370 e. The average Bonchev–Trinajstić information content (AvgIpc) is 2.32. The van der Waals surface area contributed by atoms with E-state index in [1.807, 2.05) is 13.0 Å². The SMILES string of the molecule is CC1=CC(=O)[C@H]2[C@@H](CCC(C)C2(C)C)[C@@H]1CCC(N)=O. The van der Waals surface area contributed by atoms with Gasteiger partial charge in [0.15, 0.2) is 5.78 Å². The minimum absolute atomic E-state index is 0.0438. The fourth-order valence-electron chi connectivity index (χ4n) is 4.35. The Labute approximate surface area is 122 Å². The number of primary amides is 1. The molecule has 20 heavy (non-hydrogen) atoms. The zero-order valence-electron chi connectivity index (χ0n) is 13.1. The highest BCUT2D eigenvalue weighted by atomic mass is 16.1. The van der Waals surface area contributed by atoms with Crippen molar-refractivity contribution < 1.29 is 9.59 Å². The van der Waals surface area contributed by atoms with Crippen LogP contribution in [0.2, 0.25) is 0 Å². The van der Waals surface area contributed by atoms with Crippen molar-refractivity contribution in [3.8, 4) is 0 Å². The van der Waals surface area contributed by atoms with Gasteiger partial charge in [-0.05, 0) is 55.4 Å². The van der Waals surface area contributed by atoms with Crippen molar-refractivity contribution in [3.05, 3.63) is 11.6 Å². The molecule has 1 amide bonds. The highest BCUT2D eigenvalue weighted by Gasteiger charge is 2.50. The Kier molecular flexibility index (Phi) is 4.08. The maximum absolute atomic E-state index is 12.5. The average molecular weight is 277 g/mol. The number of hydrogen-bond acceptors (Lipinski definition) is 2. The number of amides is 1. The van der Waals surface area contributed by atoms with Crippen LogP contribution in [0.4, 0.5) is 0 Å². The van der Waals surface area contributed by atoms with Crippen molar-refractivity contribution >= 4 is 11.7 Å². The fraction of sp³-hybridized carbons (Fsp3) is 0.765. The van der Waals surface area contributed by atoms with E-state index < -0.39 is 0 Å². The molecule has 0 aliphatic heterocycles. The standard InChI is InChI=1S/C17H27NO2/c1-10-9-14(19)16-13(12(10)7-8-15(18)20)6-5-11(2)17(16,3)4/h9,11-13,16H,5-8H2,1-4H3,(H2,18,20)/t11?,12-,13+,16-/m1/s1. The summed E-state index contributed by atoms with van der Waals surface area (Å²) in [5.41, 5.74) is 6.49. The first kappa shape index (κ1) is 15.3. The molecule has 3 heteroatoms. The van der Waals surface area contributed by atoms with E-state index in [2.05, 4.69) is 20.8 Å². The van der Waals surface area contributed by atoms with Crippen molar-refractivity contribution in [3.63, 3.8) is 0 Å². The Bertz CT molecular complexity index is 450. The van der Waals surface area contributed by atoms with Gasteiger partial charge < -0.3 is 5.73 Å². The quantitative estimate of drug-likeness (QED) is 0.861. The molecule has 0 spiro atoms. The lowest BCUT2D eigenvalue weighted by Gasteiger charge is -2.51. The molecule has 112 valence electrons. The first-order chi connectivity index (χ1) is 9.25. The van der Waals surface area contributed by atoms with E-state index in [9.17, 15) is 9.59 Å². The summed E-state index contributed by atoms with van der Waals surface area (Å²) in [6, 6.07) is 0. The van der Waals surface area contributed by atoms with Gasteiger partial charge in [0.25, 0.3) is 0 Å². The van der Waals surface area contributed by atoms with Gasteiger partial charge in [-0.25, -0.2) is 0 Å². The number of hydrogen-bond donors (Lipinski definition) is 1. The molecular formula is C17H27NO2. The molecule has 0 heterocycles. The van der Waals surface area contributed by atoms with E-state index in [4.69, 9.17) is 5.73 Å². The zero-order chi connectivity index (χ0) is 15.1. The van der Waals surface area contributed by atoms with Crippen LogP contribution in [0.3, 0.4) is 0 Å². The molecule has 0 saturated heterocycles. The van der Waals surface area contributed by atoms with Crippen LogP contribution in [0.5, 0.6) is 0 Å². The number of ketones is 1. The van der Waals surface area contributed by atoms with Gasteiger partial charge in [-0.3, -0.25) is 9.59 Å². The minimum atomic E-state index is -0.241. The lowest BCUT2D eigenvalue weighted by atomic mass is 9.52. The van der Waals surface area contributed by atoms with Gasteiger partial charge in [0.05, 0.1) is 0 Å². The highest BCUT2D eigenvalue weighted by molar-refractivity contribution is 5.94. The maximum atomic E-state index is 12.5. The molecule has 0 aromatic rings. The van der Waals surface area contributed by atoms with Crippen LogP contribution >= 0.6 is 0 Å². The summed E-state index contributed by atoms with van der Waals surface area (Å²) >= 11 is 0. The van der Waals surface area contributed by atoms with Gasteiger partial charge in [0.2, 0.25) is 5.91 Å². The molecule has 1 unspecified atom stereocenters. The number of carbonyl (C=O) groups excluding carboxylic acids is 2. The predicted octanol–water partition coefficient (Wildman–Crippen LogP) is 3.09. The van der Waals surface area contributed by atoms with Crippen molar-refractivity contribution in [1.29, 1.82) is 0 Å². The molecule has 1 saturated carbocycles. The first-order valence-corrected chi connectivity index (χ1v) is 7.75. The molecule has 4 atom stereocenters. The van der Waals surface area contributed by atoms with Gasteiger partial charge in [0, 0.05) is 12.3 Å².